The second-order valence-electron chi connectivity index (χ2n) is 5.37. The molecule has 0 spiro atoms. The van der Waals surface area contributed by atoms with Crippen molar-refractivity contribution in [2.24, 2.45) is 0 Å². The first-order chi connectivity index (χ1) is 8.52. The van der Waals surface area contributed by atoms with Crippen molar-refractivity contribution in [3.63, 3.8) is 0 Å². The number of ether oxygens (including phenoxy) is 2. The molecule has 1 aliphatic rings. The smallest absolute Gasteiger partial charge is 0.164 e. The van der Waals surface area contributed by atoms with E-state index in [4.69, 9.17) is 9.47 Å². The van der Waals surface area contributed by atoms with Gasteiger partial charge in [0, 0.05) is 11.0 Å². The zero-order valence-electron chi connectivity index (χ0n) is 11.6. The maximum absolute atomic E-state index is 10.3. The van der Waals surface area contributed by atoms with E-state index < -0.39 is 0 Å². The van der Waals surface area contributed by atoms with Gasteiger partial charge >= 0.3 is 0 Å². The van der Waals surface area contributed by atoms with E-state index in [0.717, 1.165) is 41.9 Å². The van der Waals surface area contributed by atoms with E-state index in [0.29, 0.717) is 0 Å². The van der Waals surface area contributed by atoms with Crippen LogP contribution in [-0.2, 0) is 5.41 Å². The van der Waals surface area contributed by atoms with Crippen LogP contribution >= 0.6 is 0 Å². The highest BCUT2D eigenvalue weighted by Gasteiger charge is 2.41. The number of aryl methyl sites for hydroxylation is 1. The molecule has 100 valence electrons. The molecule has 1 saturated carbocycles. The van der Waals surface area contributed by atoms with E-state index in [1.165, 1.54) is 0 Å². The highest BCUT2D eigenvalue weighted by Crippen LogP contribution is 2.47. The van der Waals surface area contributed by atoms with E-state index in [2.05, 4.69) is 13.0 Å². The van der Waals surface area contributed by atoms with E-state index in [-0.39, 0.29) is 11.5 Å². The molecule has 2 rings (SSSR count). The molecule has 1 aromatic carbocycles. The van der Waals surface area contributed by atoms with Crippen LogP contribution in [0.15, 0.2) is 12.1 Å². The molecule has 0 unspecified atom stereocenters. The molecular formula is C15H22O3. The third-order valence-corrected chi connectivity index (χ3v) is 4.15. The van der Waals surface area contributed by atoms with Crippen molar-refractivity contribution in [2.45, 2.75) is 44.6 Å². The quantitative estimate of drug-likeness (QED) is 0.896. The van der Waals surface area contributed by atoms with E-state index >= 15 is 0 Å². The number of aliphatic hydroxyl groups is 1. The summed E-state index contributed by atoms with van der Waals surface area (Å²) >= 11 is 0. The Hall–Kier alpha value is -1.22. The molecule has 0 bridgehead atoms. The fraction of sp³-hybridized carbons (Fsp3) is 0.600. The number of hydrogen-bond acceptors (Lipinski definition) is 3. The fourth-order valence-electron chi connectivity index (χ4n) is 2.99. The fourth-order valence-corrected chi connectivity index (χ4v) is 2.99. The first kappa shape index (κ1) is 13.2. The van der Waals surface area contributed by atoms with Gasteiger partial charge < -0.3 is 14.6 Å². The van der Waals surface area contributed by atoms with Gasteiger partial charge in [-0.05, 0) is 37.8 Å². The largest absolute Gasteiger partial charge is 0.493 e. The van der Waals surface area contributed by atoms with Crippen LogP contribution in [0.2, 0.25) is 0 Å². The topological polar surface area (TPSA) is 38.7 Å². The number of hydrogen-bond donors (Lipinski definition) is 1. The molecule has 1 N–H and O–H groups in total. The van der Waals surface area contributed by atoms with Crippen LogP contribution in [0, 0.1) is 6.92 Å². The summed E-state index contributed by atoms with van der Waals surface area (Å²) in [6.45, 7) is 4.15. The Kier molecular flexibility index (Phi) is 3.53. The highest BCUT2D eigenvalue weighted by molar-refractivity contribution is 5.53. The molecule has 0 aromatic heterocycles. The van der Waals surface area contributed by atoms with Crippen LogP contribution in [0.1, 0.15) is 37.3 Å². The summed E-state index contributed by atoms with van der Waals surface area (Å²) in [5, 5.41) is 10.3. The van der Waals surface area contributed by atoms with Gasteiger partial charge in [-0.15, -0.1) is 0 Å². The Labute approximate surface area is 109 Å². The number of benzene rings is 1. The van der Waals surface area contributed by atoms with Crippen molar-refractivity contribution in [3.8, 4) is 11.5 Å². The molecule has 1 aliphatic carbocycles. The van der Waals surface area contributed by atoms with Crippen molar-refractivity contribution in [1.29, 1.82) is 0 Å². The minimum absolute atomic E-state index is 0.232. The van der Waals surface area contributed by atoms with Crippen LogP contribution in [0.5, 0.6) is 11.5 Å². The lowest BCUT2D eigenvalue weighted by molar-refractivity contribution is 0.114. The Balaban J connectivity index is 2.59. The summed E-state index contributed by atoms with van der Waals surface area (Å²) in [6, 6.07) is 4.07. The van der Waals surface area contributed by atoms with E-state index in [1.54, 1.807) is 14.2 Å². The van der Waals surface area contributed by atoms with Crippen LogP contribution < -0.4 is 9.47 Å². The molecule has 0 radical (unpaired) electrons. The first-order valence-corrected chi connectivity index (χ1v) is 6.44. The predicted octanol–water partition coefficient (Wildman–Crippen LogP) is 2.81. The standard InChI is InChI=1S/C15H22O3/c1-10-8-11(14(18-4)12(9-10)17-3)15(2)7-5-6-13(15)16/h8-9,13,16H,5-7H2,1-4H3/t13-,15+/m0/s1. The minimum atomic E-state index is -0.307. The molecule has 0 amide bonds. The van der Waals surface area contributed by atoms with E-state index in [9.17, 15) is 5.11 Å². The van der Waals surface area contributed by atoms with Crippen LogP contribution in [-0.4, -0.2) is 25.4 Å². The molecule has 1 aromatic rings. The lowest BCUT2D eigenvalue weighted by Crippen LogP contribution is -2.31. The average molecular weight is 250 g/mol. The monoisotopic (exact) mass is 250 g/mol. The SMILES string of the molecule is COc1cc(C)cc([C@@]2(C)CCC[C@@H]2O)c1OC. The molecule has 0 heterocycles. The van der Waals surface area contributed by atoms with E-state index in [1.807, 2.05) is 13.0 Å². The normalized spacial score (nSPS) is 27.3. The zero-order chi connectivity index (χ0) is 13.3. The van der Waals surface area contributed by atoms with Crippen molar-refractivity contribution < 1.29 is 14.6 Å². The molecule has 0 aliphatic heterocycles. The molecular weight excluding hydrogens is 228 g/mol. The third kappa shape index (κ3) is 1.97. The highest BCUT2D eigenvalue weighted by atomic mass is 16.5. The Morgan fingerprint density at radius 3 is 2.50 bits per heavy atom. The van der Waals surface area contributed by atoms with Gasteiger partial charge in [-0.3, -0.25) is 0 Å². The summed E-state index contributed by atoms with van der Waals surface area (Å²) in [7, 11) is 3.30. The number of rotatable bonds is 3. The second kappa shape index (κ2) is 4.81. The van der Waals surface area contributed by atoms with Gasteiger partial charge in [0.1, 0.15) is 0 Å². The Bertz CT molecular complexity index is 442. The first-order valence-electron chi connectivity index (χ1n) is 6.44. The van der Waals surface area contributed by atoms with Gasteiger partial charge in [-0.1, -0.05) is 13.0 Å². The maximum atomic E-state index is 10.3. The van der Waals surface area contributed by atoms with Gasteiger partial charge in [-0.2, -0.15) is 0 Å². The second-order valence-corrected chi connectivity index (χ2v) is 5.37. The van der Waals surface area contributed by atoms with Gasteiger partial charge in [0.25, 0.3) is 0 Å². The third-order valence-electron chi connectivity index (χ3n) is 4.15. The maximum Gasteiger partial charge on any atom is 0.164 e. The molecule has 2 atom stereocenters. The zero-order valence-corrected chi connectivity index (χ0v) is 11.6. The molecule has 3 heteroatoms. The van der Waals surface area contributed by atoms with Gasteiger partial charge in [-0.25, -0.2) is 0 Å². The van der Waals surface area contributed by atoms with Crippen molar-refractivity contribution in [3.05, 3.63) is 23.3 Å². The molecule has 0 saturated heterocycles. The van der Waals surface area contributed by atoms with Crippen molar-refractivity contribution >= 4 is 0 Å². The van der Waals surface area contributed by atoms with Gasteiger partial charge in [0.05, 0.1) is 20.3 Å². The molecule has 18 heavy (non-hydrogen) atoms. The molecule has 3 nitrogen and oxygen atoms in total. The lowest BCUT2D eigenvalue weighted by Gasteiger charge is -2.31. The number of aliphatic hydroxyl groups excluding tert-OH is 1. The van der Waals surface area contributed by atoms with Crippen LogP contribution in [0.3, 0.4) is 0 Å². The van der Waals surface area contributed by atoms with Crippen LogP contribution in [0.4, 0.5) is 0 Å². The summed E-state index contributed by atoms with van der Waals surface area (Å²) in [5.41, 5.74) is 1.96. The molecule has 1 fully saturated rings. The lowest BCUT2D eigenvalue weighted by atomic mass is 9.78. The van der Waals surface area contributed by atoms with Crippen molar-refractivity contribution in [1.82, 2.24) is 0 Å². The summed E-state index contributed by atoms with van der Waals surface area (Å²) in [5.74, 6) is 1.50. The Morgan fingerprint density at radius 2 is 2.00 bits per heavy atom. The number of methoxy groups -OCH3 is 2. The van der Waals surface area contributed by atoms with Crippen LogP contribution in [0.25, 0.3) is 0 Å². The van der Waals surface area contributed by atoms with Gasteiger partial charge in [0.2, 0.25) is 0 Å². The van der Waals surface area contributed by atoms with Gasteiger partial charge in [0.15, 0.2) is 11.5 Å². The summed E-state index contributed by atoms with van der Waals surface area (Å²) in [6.07, 6.45) is 2.59. The predicted molar refractivity (Wildman–Crippen MR) is 71.5 cm³/mol. The Morgan fingerprint density at radius 1 is 1.28 bits per heavy atom. The average Bonchev–Trinajstić information content (AvgIpc) is 2.69. The minimum Gasteiger partial charge on any atom is -0.493 e. The van der Waals surface area contributed by atoms with Crippen molar-refractivity contribution in [2.75, 3.05) is 14.2 Å². The summed E-state index contributed by atoms with van der Waals surface area (Å²) < 4.78 is 10.9. The summed E-state index contributed by atoms with van der Waals surface area (Å²) in [4.78, 5) is 0.